The van der Waals surface area contributed by atoms with Crippen LogP contribution >= 0.6 is 11.3 Å². The van der Waals surface area contributed by atoms with Crippen LogP contribution in [0.2, 0.25) is 0 Å². The molecule has 1 unspecified atom stereocenters. The van der Waals surface area contributed by atoms with Crippen LogP contribution in [-0.2, 0) is 9.53 Å². The third-order valence-corrected chi connectivity index (χ3v) is 3.21. The molecule has 1 heterocycles. The highest BCUT2D eigenvalue weighted by Crippen LogP contribution is 2.16. The lowest BCUT2D eigenvalue weighted by atomic mass is 10.2. The molecule has 0 fully saturated rings. The van der Waals surface area contributed by atoms with E-state index in [1.807, 2.05) is 18.4 Å². The van der Waals surface area contributed by atoms with Gasteiger partial charge in [-0.1, -0.05) is 0 Å². The highest BCUT2D eigenvalue weighted by molar-refractivity contribution is 7.11. The van der Waals surface area contributed by atoms with Crippen LogP contribution in [0.1, 0.15) is 10.4 Å². The molecular formula is C12H17NO3S. The number of hydrogen-bond acceptors (Lipinski definition) is 4. The number of nitrogens with one attached hydrogen (secondary N) is 1. The first-order valence-corrected chi connectivity index (χ1v) is 6.17. The Morgan fingerprint density at radius 2 is 2.47 bits per heavy atom. The van der Waals surface area contributed by atoms with Gasteiger partial charge in [0.15, 0.2) is 0 Å². The molecular weight excluding hydrogens is 238 g/mol. The fourth-order valence-corrected chi connectivity index (χ4v) is 2.12. The van der Waals surface area contributed by atoms with E-state index in [1.165, 1.54) is 13.2 Å². The summed E-state index contributed by atoms with van der Waals surface area (Å²) in [5.74, 6) is -0.228. The summed E-state index contributed by atoms with van der Waals surface area (Å²) in [5, 5.41) is 13.6. The van der Waals surface area contributed by atoms with E-state index in [0.717, 1.165) is 10.4 Å². The Hall–Kier alpha value is -1.17. The molecule has 0 aliphatic heterocycles. The fraction of sp³-hybridized carbons (Fsp3) is 0.417. The first-order chi connectivity index (χ1) is 8.17. The SMILES string of the molecule is COCC(CO)NC(=O)/C=C/c1sccc1C. The van der Waals surface area contributed by atoms with Crippen LogP contribution in [0.3, 0.4) is 0 Å². The maximum atomic E-state index is 11.5. The van der Waals surface area contributed by atoms with Crippen molar-refractivity contribution in [3.63, 3.8) is 0 Å². The van der Waals surface area contributed by atoms with Crippen LogP contribution in [0, 0.1) is 6.92 Å². The summed E-state index contributed by atoms with van der Waals surface area (Å²) in [5.41, 5.74) is 1.15. The molecule has 94 valence electrons. The van der Waals surface area contributed by atoms with E-state index in [-0.39, 0.29) is 18.6 Å². The third kappa shape index (κ3) is 4.68. The molecule has 0 aliphatic carbocycles. The lowest BCUT2D eigenvalue weighted by Crippen LogP contribution is -2.39. The zero-order valence-electron chi connectivity index (χ0n) is 9.97. The predicted octanol–water partition coefficient (Wildman–Crippen LogP) is 1.19. The molecule has 2 N–H and O–H groups in total. The zero-order valence-corrected chi connectivity index (χ0v) is 10.8. The summed E-state index contributed by atoms with van der Waals surface area (Å²) in [4.78, 5) is 12.6. The van der Waals surface area contributed by atoms with Crippen LogP contribution in [0.5, 0.6) is 0 Å². The average Bonchev–Trinajstić information content (AvgIpc) is 2.71. The van der Waals surface area contributed by atoms with Crippen molar-refractivity contribution in [3.05, 3.63) is 28.0 Å². The van der Waals surface area contributed by atoms with Crippen LogP contribution in [0.15, 0.2) is 17.5 Å². The lowest BCUT2D eigenvalue weighted by molar-refractivity contribution is -0.117. The van der Waals surface area contributed by atoms with Crippen LogP contribution in [0.25, 0.3) is 6.08 Å². The number of thiophene rings is 1. The first kappa shape index (κ1) is 13.9. The van der Waals surface area contributed by atoms with Crippen molar-refractivity contribution in [1.82, 2.24) is 5.32 Å². The second-order valence-corrected chi connectivity index (χ2v) is 4.59. The highest BCUT2D eigenvalue weighted by atomic mass is 32.1. The van der Waals surface area contributed by atoms with Crippen molar-refractivity contribution in [2.75, 3.05) is 20.3 Å². The van der Waals surface area contributed by atoms with Crippen LogP contribution in [-0.4, -0.2) is 37.4 Å². The Balaban J connectivity index is 2.49. The molecule has 1 aromatic heterocycles. The molecule has 1 atom stereocenters. The van der Waals surface area contributed by atoms with E-state index >= 15 is 0 Å². The van der Waals surface area contributed by atoms with Gasteiger partial charge in [0.1, 0.15) is 0 Å². The van der Waals surface area contributed by atoms with Gasteiger partial charge in [-0.2, -0.15) is 0 Å². The number of carbonyl (C=O) groups is 1. The van der Waals surface area contributed by atoms with Crippen molar-refractivity contribution < 1.29 is 14.6 Å². The number of carbonyl (C=O) groups excluding carboxylic acids is 1. The van der Waals surface area contributed by atoms with Crippen molar-refractivity contribution in [1.29, 1.82) is 0 Å². The Labute approximate surface area is 105 Å². The number of methoxy groups -OCH3 is 1. The van der Waals surface area contributed by atoms with Gasteiger partial charge in [0.05, 0.1) is 19.3 Å². The molecule has 17 heavy (non-hydrogen) atoms. The quantitative estimate of drug-likeness (QED) is 0.751. The number of hydrogen-bond donors (Lipinski definition) is 2. The number of ether oxygens (including phenoxy) is 1. The minimum atomic E-state index is -0.360. The monoisotopic (exact) mass is 255 g/mol. The Morgan fingerprint density at radius 1 is 1.71 bits per heavy atom. The normalized spacial score (nSPS) is 12.9. The standard InChI is InChI=1S/C12H17NO3S/c1-9-5-6-17-11(9)3-4-12(15)13-10(7-14)8-16-2/h3-6,10,14H,7-8H2,1-2H3,(H,13,15)/b4-3+. The number of aliphatic hydroxyl groups excluding tert-OH is 1. The summed E-state index contributed by atoms with van der Waals surface area (Å²) in [6.07, 6.45) is 3.24. The lowest BCUT2D eigenvalue weighted by Gasteiger charge is -2.13. The number of rotatable bonds is 6. The molecule has 0 aromatic carbocycles. The van der Waals surface area contributed by atoms with Crippen LogP contribution < -0.4 is 5.32 Å². The van der Waals surface area contributed by atoms with E-state index < -0.39 is 0 Å². The van der Waals surface area contributed by atoms with E-state index in [2.05, 4.69) is 5.32 Å². The zero-order chi connectivity index (χ0) is 12.7. The third-order valence-electron chi connectivity index (χ3n) is 2.22. The Kier molecular flexibility index (Phi) is 5.90. The van der Waals surface area contributed by atoms with Gasteiger partial charge in [0, 0.05) is 18.1 Å². The largest absolute Gasteiger partial charge is 0.394 e. The average molecular weight is 255 g/mol. The number of amides is 1. The molecule has 0 radical (unpaired) electrons. The Morgan fingerprint density at radius 3 is 3.00 bits per heavy atom. The molecule has 1 rings (SSSR count). The maximum absolute atomic E-state index is 11.5. The highest BCUT2D eigenvalue weighted by Gasteiger charge is 2.08. The molecule has 1 amide bonds. The summed E-state index contributed by atoms with van der Waals surface area (Å²) < 4.78 is 4.87. The predicted molar refractivity (Wildman–Crippen MR) is 69.0 cm³/mol. The Bertz CT molecular complexity index is 387. The maximum Gasteiger partial charge on any atom is 0.244 e. The number of aryl methyl sites for hydroxylation is 1. The van der Waals surface area contributed by atoms with Gasteiger partial charge in [-0.15, -0.1) is 11.3 Å². The van der Waals surface area contributed by atoms with Gasteiger partial charge in [0.25, 0.3) is 0 Å². The van der Waals surface area contributed by atoms with Crippen molar-refractivity contribution in [3.8, 4) is 0 Å². The van der Waals surface area contributed by atoms with Gasteiger partial charge in [-0.05, 0) is 30.0 Å². The summed E-state index contributed by atoms with van der Waals surface area (Å²) >= 11 is 1.59. The fourth-order valence-electron chi connectivity index (χ4n) is 1.30. The first-order valence-electron chi connectivity index (χ1n) is 5.29. The minimum absolute atomic E-state index is 0.133. The van der Waals surface area contributed by atoms with Crippen molar-refractivity contribution in [2.24, 2.45) is 0 Å². The van der Waals surface area contributed by atoms with Gasteiger partial charge >= 0.3 is 0 Å². The summed E-state index contributed by atoms with van der Waals surface area (Å²) in [6, 6.07) is 1.64. The smallest absolute Gasteiger partial charge is 0.244 e. The van der Waals surface area contributed by atoms with E-state index in [1.54, 1.807) is 17.4 Å². The topological polar surface area (TPSA) is 58.6 Å². The van der Waals surface area contributed by atoms with Gasteiger partial charge in [0.2, 0.25) is 5.91 Å². The summed E-state index contributed by atoms with van der Waals surface area (Å²) in [6.45, 7) is 2.16. The summed E-state index contributed by atoms with van der Waals surface area (Å²) in [7, 11) is 1.53. The second kappa shape index (κ2) is 7.21. The molecule has 0 saturated carbocycles. The second-order valence-electron chi connectivity index (χ2n) is 3.64. The number of aliphatic hydroxyl groups is 1. The molecule has 0 aliphatic rings. The molecule has 1 aromatic rings. The van der Waals surface area contributed by atoms with Crippen molar-refractivity contribution in [2.45, 2.75) is 13.0 Å². The minimum Gasteiger partial charge on any atom is -0.394 e. The van der Waals surface area contributed by atoms with Gasteiger partial charge in [-0.25, -0.2) is 0 Å². The van der Waals surface area contributed by atoms with Crippen molar-refractivity contribution >= 4 is 23.3 Å². The van der Waals surface area contributed by atoms with Gasteiger partial charge in [-0.3, -0.25) is 4.79 Å². The molecule has 0 bridgehead atoms. The van der Waals surface area contributed by atoms with Gasteiger partial charge < -0.3 is 15.2 Å². The molecule has 0 spiro atoms. The van der Waals surface area contributed by atoms with E-state index in [9.17, 15) is 4.79 Å². The molecule has 4 nitrogen and oxygen atoms in total. The van der Waals surface area contributed by atoms with Crippen LogP contribution in [0.4, 0.5) is 0 Å². The molecule has 0 saturated heterocycles. The van der Waals surface area contributed by atoms with E-state index in [0.29, 0.717) is 6.61 Å². The van der Waals surface area contributed by atoms with E-state index in [4.69, 9.17) is 9.84 Å². The molecule has 5 heteroatoms.